The average molecular weight is 295 g/mol. The molecule has 2 N–H and O–H groups in total. The highest BCUT2D eigenvalue weighted by Gasteiger charge is 2.44. The zero-order chi connectivity index (χ0) is 15.6. The fourth-order valence-corrected chi connectivity index (χ4v) is 3.88. The maximum Gasteiger partial charge on any atom is 0.0684 e. The molecule has 0 bridgehead atoms. The van der Waals surface area contributed by atoms with Gasteiger partial charge in [-0.25, -0.2) is 0 Å². The molecule has 0 amide bonds. The van der Waals surface area contributed by atoms with Crippen LogP contribution in [0.15, 0.2) is 60.7 Å². The highest BCUT2D eigenvalue weighted by Crippen LogP contribution is 2.44. The van der Waals surface area contributed by atoms with Gasteiger partial charge in [0.1, 0.15) is 0 Å². The predicted molar refractivity (Wildman–Crippen MR) is 90.5 cm³/mol. The third-order valence-electron chi connectivity index (χ3n) is 5.00. The minimum Gasteiger partial charge on any atom is -0.390 e. The summed E-state index contributed by atoms with van der Waals surface area (Å²) in [5, 5.41) is 14.8. The Morgan fingerprint density at radius 3 is 2.09 bits per heavy atom. The Morgan fingerprint density at radius 2 is 1.55 bits per heavy atom. The molecule has 1 aliphatic heterocycles. The van der Waals surface area contributed by atoms with Crippen molar-refractivity contribution in [3.8, 4) is 0 Å². The zero-order valence-corrected chi connectivity index (χ0v) is 13.4. The number of aliphatic hydroxyl groups is 1. The molecule has 4 atom stereocenters. The van der Waals surface area contributed by atoms with E-state index < -0.39 is 5.60 Å². The number of nitrogens with one attached hydrogen (secondary N) is 1. The number of hydrogen-bond acceptors (Lipinski definition) is 2. The maximum absolute atomic E-state index is 11.1. The van der Waals surface area contributed by atoms with Crippen molar-refractivity contribution < 1.29 is 5.11 Å². The molecule has 3 rings (SSSR count). The lowest BCUT2D eigenvalue weighted by Gasteiger charge is -2.47. The summed E-state index contributed by atoms with van der Waals surface area (Å²) in [4.78, 5) is 0. The van der Waals surface area contributed by atoms with Crippen molar-refractivity contribution in [1.82, 2.24) is 5.32 Å². The SMILES string of the molecule is CC[C@@H]1[C@H](c2ccccc2)N[C@@H](c2ccccc2)C[C@@]1(C)O. The van der Waals surface area contributed by atoms with Crippen LogP contribution in [0.3, 0.4) is 0 Å². The Morgan fingerprint density at radius 1 is 1.00 bits per heavy atom. The average Bonchev–Trinajstić information content (AvgIpc) is 2.55. The van der Waals surface area contributed by atoms with Gasteiger partial charge in [0.2, 0.25) is 0 Å². The fraction of sp³-hybridized carbons (Fsp3) is 0.400. The van der Waals surface area contributed by atoms with E-state index >= 15 is 0 Å². The van der Waals surface area contributed by atoms with Crippen LogP contribution in [0.25, 0.3) is 0 Å². The van der Waals surface area contributed by atoms with Crippen LogP contribution >= 0.6 is 0 Å². The Bertz CT molecular complexity index is 594. The molecule has 2 heteroatoms. The van der Waals surface area contributed by atoms with E-state index in [0.29, 0.717) is 0 Å². The molecule has 2 aromatic rings. The first-order chi connectivity index (χ1) is 10.6. The summed E-state index contributed by atoms with van der Waals surface area (Å²) in [5.41, 5.74) is 1.84. The number of piperidine rings is 1. The van der Waals surface area contributed by atoms with Crippen molar-refractivity contribution in [2.75, 3.05) is 0 Å². The zero-order valence-electron chi connectivity index (χ0n) is 13.4. The normalized spacial score (nSPS) is 31.9. The lowest BCUT2D eigenvalue weighted by molar-refractivity contribution is -0.0616. The molecule has 0 spiro atoms. The summed E-state index contributed by atoms with van der Waals surface area (Å²) in [6, 6.07) is 21.3. The molecule has 0 radical (unpaired) electrons. The van der Waals surface area contributed by atoms with Gasteiger partial charge in [0, 0.05) is 18.0 Å². The van der Waals surface area contributed by atoms with Crippen molar-refractivity contribution in [2.45, 2.75) is 44.4 Å². The first kappa shape index (κ1) is 15.3. The van der Waals surface area contributed by atoms with E-state index in [1.54, 1.807) is 0 Å². The van der Waals surface area contributed by atoms with Crippen LogP contribution in [0.4, 0.5) is 0 Å². The van der Waals surface area contributed by atoms with Gasteiger partial charge in [0.25, 0.3) is 0 Å². The van der Waals surface area contributed by atoms with E-state index in [4.69, 9.17) is 0 Å². The van der Waals surface area contributed by atoms with Crippen molar-refractivity contribution in [2.24, 2.45) is 5.92 Å². The molecule has 1 fully saturated rings. The van der Waals surface area contributed by atoms with Gasteiger partial charge in [-0.2, -0.15) is 0 Å². The molecular weight excluding hydrogens is 270 g/mol. The summed E-state index contributed by atoms with van der Waals surface area (Å²) in [7, 11) is 0. The van der Waals surface area contributed by atoms with Gasteiger partial charge in [0.15, 0.2) is 0 Å². The predicted octanol–water partition coefficient (Wildman–Crippen LogP) is 4.24. The number of hydrogen-bond donors (Lipinski definition) is 2. The Kier molecular flexibility index (Phi) is 4.32. The lowest BCUT2D eigenvalue weighted by Crippen LogP contribution is -2.51. The third-order valence-corrected chi connectivity index (χ3v) is 5.00. The standard InChI is InChI=1S/C20H25NO/c1-3-17-19(16-12-8-5-9-13-16)21-18(14-20(17,2)22)15-10-6-4-7-11-15/h4-13,17-19,21-22H,3,14H2,1-2H3/t17-,18-,19+,20-/m1/s1. The van der Waals surface area contributed by atoms with Crippen LogP contribution in [0.5, 0.6) is 0 Å². The second kappa shape index (κ2) is 6.23. The summed E-state index contributed by atoms with van der Waals surface area (Å²) < 4.78 is 0. The van der Waals surface area contributed by atoms with E-state index in [0.717, 1.165) is 12.8 Å². The Balaban J connectivity index is 1.95. The van der Waals surface area contributed by atoms with Gasteiger partial charge in [-0.05, 0) is 30.9 Å². The largest absolute Gasteiger partial charge is 0.390 e. The van der Waals surface area contributed by atoms with Crippen LogP contribution in [0.1, 0.15) is 49.9 Å². The molecule has 116 valence electrons. The van der Waals surface area contributed by atoms with E-state index in [9.17, 15) is 5.11 Å². The summed E-state index contributed by atoms with van der Waals surface area (Å²) in [5.74, 6) is 0.217. The fourth-order valence-electron chi connectivity index (χ4n) is 3.88. The Hall–Kier alpha value is -1.64. The molecule has 0 unspecified atom stereocenters. The molecule has 0 saturated carbocycles. The van der Waals surface area contributed by atoms with Gasteiger partial charge in [-0.1, -0.05) is 67.6 Å². The molecule has 0 aromatic heterocycles. The highest BCUT2D eigenvalue weighted by atomic mass is 16.3. The number of rotatable bonds is 3. The van der Waals surface area contributed by atoms with Crippen LogP contribution in [-0.2, 0) is 0 Å². The summed E-state index contributed by atoms with van der Waals surface area (Å²) >= 11 is 0. The monoisotopic (exact) mass is 295 g/mol. The summed E-state index contributed by atoms with van der Waals surface area (Å²) in [6.07, 6.45) is 1.71. The van der Waals surface area contributed by atoms with Crippen LogP contribution in [-0.4, -0.2) is 10.7 Å². The van der Waals surface area contributed by atoms with Gasteiger partial charge in [-0.3, -0.25) is 0 Å². The second-order valence-electron chi connectivity index (χ2n) is 6.59. The summed E-state index contributed by atoms with van der Waals surface area (Å²) in [6.45, 7) is 4.16. The maximum atomic E-state index is 11.1. The van der Waals surface area contributed by atoms with Crippen LogP contribution in [0, 0.1) is 5.92 Å². The van der Waals surface area contributed by atoms with Crippen molar-refractivity contribution in [3.05, 3.63) is 71.8 Å². The van der Waals surface area contributed by atoms with Crippen LogP contribution in [0.2, 0.25) is 0 Å². The van der Waals surface area contributed by atoms with Crippen LogP contribution < -0.4 is 5.32 Å². The molecule has 1 heterocycles. The molecule has 0 aliphatic carbocycles. The molecular formula is C20H25NO. The van der Waals surface area contributed by atoms with Gasteiger partial charge >= 0.3 is 0 Å². The first-order valence-corrected chi connectivity index (χ1v) is 8.20. The molecule has 22 heavy (non-hydrogen) atoms. The van der Waals surface area contributed by atoms with E-state index in [1.165, 1.54) is 11.1 Å². The molecule has 2 nitrogen and oxygen atoms in total. The smallest absolute Gasteiger partial charge is 0.0684 e. The third kappa shape index (κ3) is 2.94. The second-order valence-corrected chi connectivity index (χ2v) is 6.59. The van der Waals surface area contributed by atoms with Gasteiger partial charge in [-0.15, -0.1) is 0 Å². The first-order valence-electron chi connectivity index (χ1n) is 8.20. The topological polar surface area (TPSA) is 32.3 Å². The van der Waals surface area contributed by atoms with E-state index in [2.05, 4.69) is 60.8 Å². The van der Waals surface area contributed by atoms with E-state index in [-0.39, 0.29) is 18.0 Å². The van der Waals surface area contributed by atoms with Gasteiger partial charge in [0.05, 0.1) is 5.60 Å². The van der Waals surface area contributed by atoms with Crippen molar-refractivity contribution >= 4 is 0 Å². The minimum absolute atomic E-state index is 0.181. The molecule has 1 saturated heterocycles. The minimum atomic E-state index is -0.666. The van der Waals surface area contributed by atoms with Crippen molar-refractivity contribution in [1.29, 1.82) is 0 Å². The van der Waals surface area contributed by atoms with Crippen molar-refractivity contribution in [3.63, 3.8) is 0 Å². The molecule has 2 aromatic carbocycles. The number of benzene rings is 2. The van der Waals surface area contributed by atoms with Gasteiger partial charge < -0.3 is 10.4 Å². The molecule has 1 aliphatic rings. The van der Waals surface area contributed by atoms with E-state index in [1.807, 2.05) is 19.1 Å². The quantitative estimate of drug-likeness (QED) is 0.887. The lowest BCUT2D eigenvalue weighted by atomic mass is 9.71. The Labute approximate surface area is 133 Å². The highest BCUT2D eigenvalue weighted by molar-refractivity contribution is 5.26.